The minimum atomic E-state index is -0.142. The SMILES string of the molecule is CC1CCC(CCC(=O)c2cc(=O)c3ccccc3o2)CC1. The van der Waals surface area contributed by atoms with E-state index in [0.717, 1.165) is 12.3 Å². The van der Waals surface area contributed by atoms with Gasteiger partial charge in [0.05, 0.1) is 5.39 Å². The van der Waals surface area contributed by atoms with Gasteiger partial charge >= 0.3 is 0 Å². The summed E-state index contributed by atoms with van der Waals surface area (Å²) in [4.78, 5) is 24.3. The van der Waals surface area contributed by atoms with Crippen molar-refractivity contribution in [3.8, 4) is 0 Å². The lowest BCUT2D eigenvalue weighted by Crippen LogP contribution is -2.14. The lowest BCUT2D eigenvalue weighted by molar-refractivity contribution is 0.0942. The van der Waals surface area contributed by atoms with E-state index in [2.05, 4.69) is 6.92 Å². The number of benzene rings is 1. The van der Waals surface area contributed by atoms with Gasteiger partial charge in [-0.25, -0.2) is 0 Å². The molecule has 1 aliphatic rings. The number of fused-ring (bicyclic) bond motifs is 1. The summed E-state index contributed by atoms with van der Waals surface area (Å²) in [6.07, 6.45) is 6.35. The van der Waals surface area contributed by atoms with E-state index in [1.54, 1.807) is 18.2 Å². The van der Waals surface area contributed by atoms with Gasteiger partial charge in [-0.1, -0.05) is 44.7 Å². The second kappa shape index (κ2) is 6.47. The molecule has 116 valence electrons. The fraction of sp³-hybridized carbons (Fsp3) is 0.474. The smallest absolute Gasteiger partial charge is 0.198 e. The van der Waals surface area contributed by atoms with Gasteiger partial charge in [-0.2, -0.15) is 0 Å². The number of rotatable bonds is 4. The van der Waals surface area contributed by atoms with Gasteiger partial charge in [0.2, 0.25) is 0 Å². The first-order valence-corrected chi connectivity index (χ1v) is 8.19. The van der Waals surface area contributed by atoms with E-state index in [1.165, 1.54) is 31.7 Å². The molecule has 1 aromatic carbocycles. The van der Waals surface area contributed by atoms with Gasteiger partial charge < -0.3 is 4.42 Å². The Labute approximate surface area is 130 Å². The topological polar surface area (TPSA) is 47.3 Å². The molecule has 3 heteroatoms. The average molecular weight is 298 g/mol. The summed E-state index contributed by atoms with van der Waals surface area (Å²) in [7, 11) is 0. The zero-order chi connectivity index (χ0) is 15.5. The van der Waals surface area contributed by atoms with Crippen LogP contribution in [0.2, 0.25) is 0 Å². The van der Waals surface area contributed by atoms with Crippen molar-refractivity contribution < 1.29 is 9.21 Å². The van der Waals surface area contributed by atoms with Crippen LogP contribution in [0.3, 0.4) is 0 Å². The lowest BCUT2D eigenvalue weighted by Gasteiger charge is -2.25. The Morgan fingerprint density at radius 3 is 2.68 bits per heavy atom. The molecule has 1 heterocycles. The maximum atomic E-state index is 12.3. The summed E-state index contributed by atoms with van der Waals surface area (Å²) < 4.78 is 5.61. The van der Waals surface area contributed by atoms with E-state index in [4.69, 9.17) is 4.42 Å². The van der Waals surface area contributed by atoms with Gasteiger partial charge in [0, 0.05) is 12.5 Å². The van der Waals surface area contributed by atoms with Crippen molar-refractivity contribution in [1.29, 1.82) is 0 Å². The minimum absolute atomic E-state index is 0.0542. The molecule has 0 aliphatic heterocycles. The molecule has 0 N–H and O–H groups in total. The number of hydrogen-bond donors (Lipinski definition) is 0. The second-order valence-electron chi connectivity index (χ2n) is 6.56. The van der Waals surface area contributed by atoms with Crippen molar-refractivity contribution in [3.05, 3.63) is 46.3 Å². The van der Waals surface area contributed by atoms with Crippen molar-refractivity contribution >= 4 is 16.8 Å². The predicted molar refractivity (Wildman–Crippen MR) is 87.2 cm³/mol. The van der Waals surface area contributed by atoms with Crippen molar-refractivity contribution in [2.75, 3.05) is 0 Å². The zero-order valence-electron chi connectivity index (χ0n) is 13.0. The molecule has 0 unspecified atom stereocenters. The Morgan fingerprint density at radius 2 is 1.91 bits per heavy atom. The van der Waals surface area contributed by atoms with Crippen LogP contribution < -0.4 is 5.43 Å². The molecule has 1 aromatic heterocycles. The van der Waals surface area contributed by atoms with Crippen LogP contribution in [0, 0.1) is 11.8 Å². The first-order valence-electron chi connectivity index (χ1n) is 8.19. The highest BCUT2D eigenvalue weighted by Gasteiger charge is 2.20. The highest BCUT2D eigenvalue weighted by Crippen LogP contribution is 2.31. The molecule has 3 nitrogen and oxygen atoms in total. The Morgan fingerprint density at radius 1 is 1.18 bits per heavy atom. The fourth-order valence-electron chi connectivity index (χ4n) is 3.32. The molecule has 0 bridgehead atoms. The van der Waals surface area contributed by atoms with Crippen molar-refractivity contribution in [2.24, 2.45) is 11.8 Å². The molecule has 1 fully saturated rings. The van der Waals surface area contributed by atoms with E-state index in [9.17, 15) is 9.59 Å². The molecule has 0 radical (unpaired) electrons. The molecule has 22 heavy (non-hydrogen) atoms. The highest BCUT2D eigenvalue weighted by atomic mass is 16.3. The number of ketones is 1. The zero-order valence-corrected chi connectivity index (χ0v) is 13.0. The number of para-hydroxylation sites is 1. The number of Topliss-reactive ketones (excluding diaryl/α,β-unsaturated/α-hetero) is 1. The van der Waals surface area contributed by atoms with Crippen molar-refractivity contribution in [3.63, 3.8) is 0 Å². The normalized spacial score (nSPS) is 21.9. The van der Waals surface area contributed by atoms with E-state index < -0.39 is 0 Å². The van der Waals surface area contributed by atoms with E-state index >= 15 is 0 Å². The van der Waals surface area contributed by atoms with Crippen LogP contribution in [-0.4, -0.2) is 5.78 Å². The molecular formula is C19H22O3. The fourth-order valence-corrected chi connectivity index (χ4v) is 3.32. The van der Waals surface area contributed by atoms with E-state index in [0.29, 0.717) is 23.3 Å². The quantitative estimate of drug-likeness (QED) is 0.776. The highest BCUT2D eigenvalue weighted by molar-refractivity contribution is 5.94. The van der Waals surface area contributed by atoms with E-state index in [-0.39, 0.29) is 17.0 Å². The minimum Gasteiger partial charge on any atom is -0.453 e. The number of hydrogen-bond acceptors (Lipinski definition) is 3. The van der Waals surface area contributed by atoms with Crippen molar-refractivity contribution in [1.82, 2.24) is 0 Å². The number of carbonyl (C=O) groups is 1. The average Bonchev–Trinajstić information content (AvgIpc) is 2.54. The monoisotopic (exact) mass is 298 g/mol. The molecule has 1 saturated carbocycles. The van der Waals surface area contributed by atoms with Gasteiger partial charge in [0.1, 0.15) is 5.58 Å². The third kappa shape index (κ3) is 3.29. The largest absolute Gasteiger partial charge is 0.453 e. The first kappa shape index (κ1) is 15.0. The van der Waals surface area contributed by atoms with Crippen LogP contribution in [0.1, 0.15) is 56.0 Å². The molecule has 0 atom stereocenters. The lowest BCUT2D eigenvalue weighted by atomic mass is 9.80. The van der Waals surface area contributed by atoms with Gasteiger partial charge in [-0.05, 0) is 30.4 Å². The number of carbonyl (C=O) groups excluding carboxylic acids is 1. The Bertz CT molecular complexity index is 721. The standard InChI is InChI=1S/C19H22O3/c1-13-6-8-14(9-7-13)10-11-16(20)19-12-17(21)15-4-2-3-5-18(15)22-19/h2-5,12-14H,6-11H2,1H3. The molecule has 0 spiro atoms. The molecule has 2 aromatic rings. The maximum absolute atomic E-state index is 12.3. The summed E-state index contributed by atoms with van der Waals surface area (Å²) in [6, 6.07) is 8.40. The van der Waals surface area contributed by atoms with Gasteiger partial charge in [-0.15, -0.1) is 0 Å². The first-order chi connectivity index (χ1) is 10.6. The van der Waals surface area contributed by atoms with Crippen LogP contribution in [0.15, 0.2) is 39.5 Å². The molecule has 0 saturated heterocycles. The summed E-state index contributed by atoms with van der Waals surface area (Å²) >= 11 is 0. The Kier molecular flexibility index (Phi) is 4.41. The third-order valence-corrected chi connectivity index (χ3v) is 4.82. The van der Waals surface area contributed by atoms with Crippen LogP contribution in [-0.2, 0) is 0 Å². The maximum Gasteiger partial charge on any atom is 0.198 e. The van der Waals surface area contributed by atoms with Crippen molar-refractivity contribution in [2.45, 2.75) is 45.4 Å². The van der Waals surface area contributed by atoms with Gasteiger partial charge in [0.25, 0.3) is 0 Å². The Hall–Kier alpha value is -1.90. The molecule has 3 rings (SSSR count). The van der Waals surface area contributed by atoms with Crippen LogP contribution in [0.4, 0.5) is 0 Å². The summed E-state index contributed by atoms with van der Waals surface area (Å²) in [5.74, 6) is 1.62. The second-order valence-corrected chi connectivity index (χ2v) is 6.56. The third-order valence-electron chi connectivity index (χ3n) is 4.82. The van der Waals surface area contributed by atoms with Crippen LogP contribution in [0.5, 0.6) is 0 Å². The summed E-state index contributed by atoms with van der Waals surface area (Å²) in [5.41, 5.74) is 0.349. The van der Waals surface area contributed by atoms with E-state index in [1.807, 2.05) is 6.07 Å². The summed E-state index contributed by atoms with van der Waals surface area (Å²) in [6.45, 7) is 2.30. The van der Waals surface area contributed by atoms with Gasteiger partial charge in [-0.3, -0.25) is 9.59 Å². The van der Waals surface area contributed by atoms with Crippen LogP contribution >= 0.6 is 0 Å². The molecular weight excluding hydrogens is 276 g/mol. The van der Waals surface area contributed by atoms with Crippen LogP contribution in [0.25, 0.3) is 11.0 Å². The van der Waals surface area contributed by atoms with Gasteiger partial charge in [0.15, 0.2) is 17.0 Å². The Balaban J connectivity index is 1.69. The molecule has 1 aliphatic carbocycles. The predicted octanol–water partition coefficient (Wildman–Crippen LogP) is 4.58. The summed E-state index contributed by atoms with van der Waals surface area (Å²) in [5, 5.41) is 0.528. The molecule has 0 amide bonds.